The van der Waals surface area contributed by atoms with E-state index in [-0.39, 0.29) is 24.0 Å². The molecule has 0 aliphatic heterocycles. The molecule has 0 spiro atoms. The highest BCUT2D eigenvalue weighted by atomic mass is 16.3. The van der Waals surface area contributed by atoms with Crippen LogP contribution in [0, 0.1) is 0 Å². The fourth-order valence-corrected chi connectivity index (χ4v) is 1.39. The molecule has 1 amide bonds. The first-order valence-corrected chi connectivity index (χ1v) is 4.94. The molecule has 7 nitrogen and oxygen atoms in total. The average Bonchev–Trinajstić information content (AvgIpc) is 2.84. The molecular weight excluding hydrogens is 222 g/mol. The lowest BCUT2D eigenvalue weighted by Crippen LogP contribution is -2.27. The molecule has 2 rings (SSSR count). The van der Waals surface area contributed by atoms with Crippen LogP contribution in [0.2, 0.25) is 0 Å². The minimum Gasteiger partial charge on any atom is -0.508 e. The van der Waals surface area contributed by atoms with Crippen LogP contribution >= 0.6 is 0 Å². The minimum absolute atomic E-state index is 0.00270. The molecule has 2 N–H and O–H groups in total. The minimum atomic E-state index is -0.359. The van der Waals surface area contributed by atoms with E-state index in [1.54, 1.807) is 31.3 Å². The Labute approximate surface area is 97.1 Å². The Bertz CT molecular complexity index is 511. The fourth-order valence-electron chi connectivity index (χ4n) is 1.39. The molecule has 7 heteroatoms. The third-order valence-electron chi connectivity index (χ3n) is 2.28. The smallest absolute Gasteiger partial charge is 0.295 e. The van der Waals surface area contributed by atoms with Gasteiger partial charge in [-0.3, -0.25) is 4.79 Å². The number of hydrogen-bond acceptors (Lipinski definition) is 5. The zero-order chi connectivity index (χ0) is 12.3. The van der Waals surface area contributed by atoms with Gasteiger partial charge < -0.3 is 10.0 Å². The number of H-pyrrole nitrogens is 1. The highest BCUT2D eigenvalue weighted by molar-refractivity contribution is 5.89. The van der Waals surface area contributed by atoms with Gasteiger partial charge in [0, 0.05) is 19.2 Å². The van der Waals surface area contributed by atoms with E-state index in [0.717, 1.165) is 0 Å². The summed E-state index contributed by atoms with van der Waals surface area (Å²) in [6, 6.07) is 6.83. The molecule has 0 atom stereocenters. The highest BCUT2D eigenvalue weighted by Gasteiger charge is 2.17. The lowest BCUT2D eigenvalue weighted by atomic mass is 10.2. The Morgan fingerprint density at radius 1 is 1.47 bits per heavy atom. The molecule has 0 bridgehead atoms. The molecule has 88 valence electrons. The molecule has 1 aromatic heterocycles. The Hall–Kier alpha value is -2.44. The SMILES string of the molecule is CN(Cc1ccccc1O)C(=O)c1nn[nH]n1. The van der Waals surface area contributed by atoms with Crippen LogP contribution in [0.4, 0.5) is 0 Å². The zero-order valence-electron chi connectivity index (χ0n) is 9.16. The fraction of sp³-hybridized carbons (Fsp3) is 0.200. The predicted molar refractivity (Wildman–Crippen MR) is 58.1 cm³/mol. The van der Waals surface area contributed by atoms with Crippen LogP contribution in [-0.2, 0) is 6.54 Å². The Morgan fingerprint density at radius 3 is 2.88 bits per heavy atom. The van der Waals surface area contributed by atoms with E-state index in [0.29, 0.717) is 5.56 Å². The van der Waals surface area contributed by atoms with Crippen molar-refractivity contribution >= 4 is 5.91 Å². The van der Waals surface area contributed by atoms with E-state index >= 15 is 0 Å². The van der Waals surface area contributed by atoms with Crippen LogP contribution in [0.1, 0.15) is 16.2 Å². The number of nitrogens with zero attached hydrogens (tertiary/aromatic N) is 4. The average molecular weight is 233 g/mol. The quantitative estimate of drug-likeness (QED) is 0.788. The number of phenols is 1. The number of hydrogen-bond donors (Lipinski definition) is 2. The van der Waals surface area contributed by atoms with Gasteiger partial charge >= 0.3 is 0 Å². The maximum atomic E-state index is 11.8. The number of carbonyl (C=O) groups is 1. The second-order valence-corrected chi connectivity index (χ2v) is 3.53. The third-order valence-corrected chi connectivity index (χ3v) is 2.28. The number of benzene rings is 1. The number of para-hydroxylation sites is 1. The molecule has 0 saturated carbocycles. The van der Waals surface area contributed by atoms with Gasteiger partial charge in [-0.05, 0) is 11.3 Å². The summed E-state index contributed by atoms with van der Waals surface area (Å²) in [6.07, 6.45) is 0. The largest absolute Gasteiger partial charge is 0.508 e. The van der Waals surface area contributed by atoms with Crippen molar-refractivity contribution in [3.63, 3.8) is 0 Å². The molecule has 0 radical (unpaired) electrons. The van der Waals surface area contributed by atoms with Crippen molar-refractivity contribution in [1.29, 1.82) is 0 Å². The Morgan fingerprint density at radius 2 is 2.24 bits per heavy atom. The summed E-state index contributed by atoms with van der Waals surface area (Å²) in [5, 5.41) is 22.3. The summed E-state index contributed by atoms with van der Waals surface area (Å²) in [6.45, 7) is 0.278. The van der Waals surface area contributed by atoms with E-state index < -0.39 is 0 Å². The summed E-state index contributed by atoms with van der Waals surface area (Å²) >= 11 is 0. The summed E-state index contributed by atoms with van der Waals surface area (Å²) in [7, 11) is 1.60. The van der Waals surface area contributed by atoms with Crippen LogP contribution < -0.4 is 0 Å². The van der Waals surface area contributed by atoms with Gasteiger partial charge in [-0.2, -0.15) is 5.21 Å². The Balaban J connectivity index is 2.10. The van der Waals surface area contributed by atoms with Gasteiger partial charge in [0.2, 0.25) is 0 Å². The molecule has 0 aliphatic carbocycles. The number of tetrazole rings is 1. The summed E-state index contributed by atoms with van der Waals surface area (Å²) in [5.41, 5.74) is 0.659. The number of amides is 1. The van der Waals surface area contributed by atoms with Crippen LogP contribution in [-0.4, -0.2) is 43.6 Å². The normalized spacial score (nSPS) is 10.2. The van der Waals surface area contributed by atoms with Crippen molar-refractivity contribution in [3.8, 4) is 5.75 Å². The monoisotopic (exact) mass is 233 g/mol. The first kappa shape index (κ1) is 11.1. The number of aromatic hydroxyl groups is 1. The third kappa shape index (κ3) is 2.39. The first-order chi connectivity index (χ1) is 8.18. The molecule has 17 heavy (non-hydrogen) atoms. The number of rotatable bonds is 3. The molecule has 0 unspecified atom stereocenters. The Kier molecular flexibility index (Phi) is 2.99. The molecule has 0 saturated heterocycles. The first-order valence-electron chi connectivity index (χ1n) is 4.94. The van der Waals surface area contributed by atoms with Crippen molar-refractivity contribution in [2.24, 2.45) is 0 Å². The summed E-state index contributed by atoms with van der Waals surface area (Å²) in [5.74, 6) is -0.204. The van der Waals surface area contributed by atoms with Gasteiger partial charge in [0.25, 0.3) is 11.7 Å². The van der Waals surface area contributed by atoms with Gasteiger partial charge in [0.15, 0.2) is 0 Å². The maximum Gasteiger partial charge on any atom is 0.295 e. The van der Waals surface area contributed by atoms with Crippen LogP contribution in [0.3, 0.4) is 0 Å². The molecule has 0 fully saturated rings. The maximum absolute atomic E-state index is 11.8. The molecule has 2 aromatic rings. The predicted octanol–water partition coefficient (Wildman–Crippen LogP) is 0.177. The van der Waals surface area contributed by atoms with E-state index in [1.807, 2.05) is 0 Å². The molecule has 1 aromatic carbocycles. The number of aromatic nitrogens is 4. The van der Waals surface area contributed by atoms with Crippen LogP contribution in [0.25, 0.3) is 0 Å². The summed E-state index contributed by atoms with van der Waals surface area (Å²) in [4.78, 5) is 13.2. The number of aromatic amines is 1. The standard InChI is InChI=1S/C10H11N5O2/c1-15(10(17)9-11-13-14-12-9)6-7-4-2-3-5-8(7)16/h2-5,16H,6H2,1H3,(H,11,12,13,14). The lowest BCUT2D eigenvalue weighted by molar-refractivity contribution is 0.0772. The van der Waals surface area contributed by atoms with Crippen molar-refractivity contribution < 1.29 is 9.90 Å². The number of nitrogens with one attached hydrogen (secondary N) is 1. The van der Waals surface area contributed by atoms with Crippen LogP contribution in [0.15, 0.2) is 24.3 Å². The van der Waals surface area contributed by atoms with Gasteiger partial charge in [0.1, 0.15) is 5.75 Å². The topological polar surface area (TPSA) is 95.0 Å². The van der Waals surface area contributed by atoms with Crippen molar-refractivity contribution in [1.82, 2.24) is 25.5 Å². The second kappa shape index (κ2) is 4.60. The number of phenolic OH excluding ortho intramolecular Hbond substituents is 1. The molecule has 1 heterocycles. The molecule has 0 aliphatic rings. The lowest BCUT2D eigenvalue weighted by Gasteiger charge is -2.15. The second-order valence-electron chi connectivity index (χ2n) is 3.53. The van der Waals surface area contributed by atoms with E-state index in [2.05, 4.69) is 20.6 Å². The van der Waals surface area contributed by atoms with Crippen molar-refractivity contribution in [3.05, 3.63) is 35.7 Å². The van der Waals surface area contributed by atoms with Crippen LogP contribution in [0.5, 0.6) is 5.75 Å². The van der Waals surface area contributed by atoms with Gasteiger partial charge in [-0.25, -0.2) is 0 Å². The van der Waals surface area contributed by atoms with Crippen molar-refractivity contribution in [2.45, 2.75) is 6.54 Å². The highest BCUT2D eigenvalue weighted by Crippen LogP contribution is 2.17. The van der Waals surface area contributed by atoms with E-state index in [9.17, 15) is 9.90 Å². The van der Waals surface area contributed by atoms with Gasteiger partial charge in [-0.1, -0.05) is 18.2 Å². The van der Waals surface area contributed by atoms with Crippen molar-refractivity contribution in [2.75, 3.05) is 7.05 Å². The molecular formula is C10H11N5O2. The number of carbonyl (C=O) groups excluding carboxylic acids is 1. The van der Waals surface area contributed by atoms with E-state index in [1.165, 1.54) is 4.90 Å². The zero-order valence-corrected chi connectivity index (χ0v) is 9.16. The van der Waals surface area contributed by atoms with Gasteiger partial charge in [-0.15, -0.1) is 10.2 Å². The van der Waals surface area contributed by atoms with E-state index in [4.69, 9.17) is 0 Å². The van der Waals surface area contributed by atoms with Gasteiger partial charge in [0.05, 0.1) is 0 Å². The summed E-state index contributed by atoms with van der Waals surface area (Å²) < 4.78 is 0.